The molecule has 0 aliphatic carbocycles. The molecule has 23 heavy (non-hydrogen) atoms. The number of aliphatic carboxylic acids is 1. The predicted octanol–water partition coefficient (Wildman–Crippen LogP) is 0.559. The monoisotopic (exact) mass is 327 g/mol. The second kappa shape index (κ2) is 8.64. The number of imidazole rings is 1. The molecule has 2 atom stereocenters. The van der Waals surface area contributed by atoms with Crippen LogP contribution in [-0.2, 0) is 23.2 Å². The number of aliphatic hydroxyl groups is 1. The van der Waals surface area contributed by atoms with Crippen molar-refractivity contribution in [1.82, 2.24) is 14.5 Å². The van der Waals surface area contributed by atoms with E-state index in [1.165, 1.54) is 0 Å². The van der Waals surface area contributed by atoms with E-state index < -0.39 is 17.5 Å². The number of hydrogen-bond donors (Lipinski definition) is 3. The molecule has 0 radical (unpaired) electrons. The van der Waals surface area contributed by atoms with Gasteiger partial charge < -0.3 is 19.9 Å². The molecular weight excluding hydrogens is 302 g/mol. The van der Waals surface area contributed by atoms with E-state index >= 15 is 0 Å². The van der Waals surface area contributed by atoms with Gasteiger partial charge in [0.1, 0.15) is 5.82 Å². The van der Waals surface area contributed by atoms with Gasteiger partial charge in [-0.15, -0.1) is 0 Å². The maximum atomic E-state index is 11.6. The van der Waals surface area contributed by atoms with Crippen LogP contribution in [0.5, 0.6) is 0 Å². The number of β-amino-alcohol motifs (C(OH)–C–C–N with tert-alkyl or cyclic N) is 1. The lowest BCUT2D eigenvalue weighted by atomic mass is 9.73. The van der Waals surface area contributed by atoms with Gasteiger partial charge in [0, 0.05) is 26.0 Å². The normalized spacial score (nSPS) is 24.6. The first-order valence-electron chi connectivity index (χ1n) is 7.59. The minimum atomic E-state index is -0.979. The third-order valence-electron chi connectivity index (χ3n) is 4.35. The van der Waals surface area contributed by atoms with Gasteiger partial charge in [-0.1, -0.05) is 13.3 Å². The Morgan fingerprint density at radius 2 is 2.22 bits per heavy atom. The summed E-state index contributed by atoms with van der Waals surface area (Å²) >= 11 is 0. The number of carboxylic acids is 1. The largest absolute Gasteiger partial charge is 0.483 e. The summed E-state index contributed by atoms with van der Waals surface area (Å²) in [5.74, 6) is 0.0546. The second-order valence-electron chi connectivity index (χ2n) is 5.77. The first-order valence-corrected chi connectivity index (χ1v) is 7.59. The van der Waals surface area contributed by atoms with Gasteiger partial charge in [0.15, 0.2) is 0 Å². The number of nitrogens with zero attached hydrogens (tertiary/aromatic N) is 3. The Bertz CT molecular complexity index is 519. The molecule has 0 aromatic carbocycles. The molecule has 0 bridgehead atoms. The second-order valence-corrected chi connectivity index (χ2v) is 5.77. The fourth-order valence-electron chi connectivity index (χ4n) is 3.02. The Morgan fingerprint density at radius 1 is 1.57 bits per heavy atom. The maximum Gasteiger partial charge on any atom is 0.312 e. The van der Waals surface area contributed by atoms with E-state index in [0.29, 0.717) is 32.5 Å². The highest BCUT2D eigenvalue weighted by Crippen LogP contribution is 2.37. The number of rotatable bonds is 5. The maximum absolute atomic E-state index is 11.6. The van der Waals surface area contributed by atoms with E-state index in [4.69, 9.17) is 9.90 Å². The van der Waals surface area contributed by atoms with Crippen molar-refractivity contribution < 1.29 is 24.9 Å². The number of aromatic nitrogens is 2. The van der Waals surface area contributed by atoms with Crippen molar-refractivity contribution in [2.45, 2.75) is 38.8 Å². The van der Waals surface area contributed by atoms with Crippen molar-refractivity contribution in [1.29, 1.82) is 0 Å². The Kier molecular flexibility index (Phi) is 7.18. The first kappa shape index (κ1) is 19.1. The zero-order valence-corrected chi connectivity index (χ0v) is 13.6. The van der Waals surface area contributed by atoms with Gasteiger partial charge in [-0.25, -0.2) is 4.98 Å². The van der Waals surface area contributed by atoms with Crippen molar-refractivity contribution >= 4 is 12.4 Å². The van der Waals surface area contributed by atoms with E-state index in [0.717, 1.165) is 12.2 Å². The summed E-state index contributed by atoms with van der Waals surface area (Å²) in [5.41, 5.74) is -0.979. The number of piperidine rings is 1. The molecule has 3 N–H and O–H groups in total. The molecule has 1 aromatic rings. The molecule has 0 spiro atoms. The summed E-state index contributed by atoms with van der Waals surface area (Å²) in [6.07, 6.45) is 4.58. The summed E-state index contributed by atoms with van der Waals surface area (Å²) < 4.78 is 1.94. The van der Waals surface area contributed by atoms with E-state index in [9.17, 15) is 15.0 Å². The molecule has 8 heteroatoms. The summed E-state index contributed by atoms with van der Waals surface area (Å²) in [7, 11) is 1.93. The molecule has 0 unspecified atom stereocenters. The highest BCUT2D eigenvalue weighted by Gasteiger charge is 2.47. The van der Waals surface area contributed by atoms with Crippen molar-refractivity contribution in [3.8, 4) is 0 Å². The lowest BCUT2D eigenvalue weighted by molar-refractivity contribution is -0.164. The fraction of sp³-hybridized carbons (Fsp3) is 0.667. The summed E-state index contributed by atoms with van der Waals surface area (Å²) in [6.45, 7) is 3.41. The average molecular weight is 327 g/mol. The molecular formula is C15H25N3O5. The molecule has 2 rings (SSSR count). The van der Waals surface area contributed by atoms with Gasteiger partial charge in [0.05, 0.1) is 18.1 Å². The van der Waals surface area contributed by atoms with E-state index in [1.54, 1.807) is 6.20 Å². The van der Waals surface area contributed by atoms with Crippen LogP contribution in [0, 0.1) is 5.41 Å². The number of aliphatic hydroxyl groups excluding tert-OH is 1. The van der Waals surface area contributed by atoms with Crippen LogP contribution in [0.1, 0.15) is 32.0 Å². The molecule has 1 saturated heterocycles. The van der Waals surface area contributed by atoms with E-state index in [-0.39, 0.29) is 6.47 Å². The van der Waals surface area contributed by atoms with Crippen LogP contribution in [0.3, 0.4) is 0 Å². The van der Waals surface area contributed by atoms with Gasteiger partial charge in [0.2, 0.25) is 0 Å². The Morgan fingerprint density at radius 3 is 2.65 bits per heavy atom. The Hall–Kier alpha value is -1.93. The Balaban J connectivity index is 0.000000816. The molecule has 1 fully saturated rings. The highest BCUT2D eigenvalue weighted by molar-refractivity contribution is 5.75. The lowest BCUT2D eigenvalue weighted by Crippen LogP contribution is -2.54. The molecule has 8 nitrogen and oxygen atoms in total. The van der Waals surface area contributed by atoms with Gasteiger partial charge in [-0.2, -0.15) is 0 Å². The quantitative estimate of drug-likeness (QED) is 0.677. The van der Waals surface area contributed by atoms with Crippen LogP contribution in [0.25, 0.3) is 0 Å². The Labute approximate surface area is 135 Å². The number of hydrogen-bond acceptors (Lipinski definition) is 5. The van der Waals surface area contributed by atoms with Crippen molar-refractivity contribution in [3.63, 3.8) is 0 Å². The topological polar surface area (TPSA) is 116 Å². The molecule has 1 aliphatic heterocycles. The van der Waals surface area contributed by atoms with Crippen LogP contribution in [-0.4, -0.2) is 61.4 Å². The van der Waals surface area contributed by atoms with Crippen molar-refractivity contribution in [2.24, 2.45) is 12.5 Å². The van der Waals surface area contributed by atoms with Crippen LogP contribution >= 0.6 is 0 Å². The first-order chi connectivity index (χ1) is 10.9. The van der Waals surface area contributed by atoms with Crippen LogP contribution in [0.4, 0.5) is 0 Å². The van der Waals surface area contributed by atoms with Crippen LogP contribution < -0.4 is 0 Å². The van der Waals surface area contributed by atoms with E-state index in [2.05, 4.69) is 9.88 Å². The van der Waals surface area contributed by atoms with Gasteiger partial charge >= 0.3 is 5.97 Å². The third-order valence-corrected chi connectivity index (χ3v) is 4.35. The minimum absolute atomic E-state index is 0.250. The molecule has 2 heterocycles. The van der Waals surface area contributed by atoms with Crippen molar-refractivity contribution in [3.05, 3.63) is 18.2 Å². The number of likely N-dealkylation sites (tertiary alicyclic amines) is 1. The standard InChI is InChI=1S/C14H23N3O3.CH2O2/c1-3-4-14(13(19)20)5-7-17(9-11(14)18)10-12-15-6-8-16(12)2;2-1-3/h6,8,11,18H,3-5,7,9-10H2,1-2H3,(H,19,20);1H,(H,2,3)/t11-,14+;/m1./s1. The summed E-state index contributed by atoms with van der Waals surface area (Å²) in [5, 5.41) is 26.7. The van der Waals surface area contributed by atoms with Crippen molar-refractivity contribution in [2.75, 3.05) is 13.1 Å². The van der Waals surface area contributed by atoms with Gasteiger partial charge in [0.25, 0.3) is 6.47 Å². The third kappa shape index (κ3) is 4.52. The number of carboxylic acid groups (broad SMARTS) is 2. The molecule has 0 amide bonds. The SMILES string of the molecule is CCC[C@]1(C(=O)O)CCN(Cc2nccn2C)C[C@H]1O.O=CO. The highest BCUT2D eigenvalue weighted by atomic mass is 16.4. The molecule has 1 aliphatic rings. The van der Waals surface area contributed by atoms with Crippen LogP contribution in [0.2, 0.25) is 0 Å². The predicted molar refractivity (Wildman–Crippen MR) is 82.8 cm³/mol. The van der Waals surface area contributed by atoms with E-state index in [1.807, 2.05) is 24.7 Å². The fourth-order valence-corrected chi connectivity index (χ4v) is 3.02. The molecule has 130 valence electrons. The van der Waals surface area contributed by atoms with Gasteiger partial charge in [-0.3, -0.25) is 14.5 Å². The van der Waals surface area contributed by atoms with Crippen LogP contribution in [0.15, 0.2) is 12.4 Å². The lowest BCUT2D eigenvalue weighted by Gasteiger charge is -2.42. The zero-order valence-electron chi connectivity index (χ0n) is 13.6. The smallest absolute Gasteiger partial charge is 0.312 e. The summed E-state index contributed by atoms with van der Waals surface area (Å²) in [4.78, 5) is 26.3. The molecule has 1 aromatic heterocycles. The number of carbonyl (C=O) groups is 2. The number of aryl methyl sites for hydroxylation is 1. The van der Waals surface area contributed by atoms with Gasteiger partial charge in [-0.05, 0) is 19.4 Å². The zero-order chi connectivity index (χ0) is 17.5. The average Bonchev–Trinajstić information content (AvgIpc) is 2.88. The molecule has 0 saturated carbocycles. The summed E-state index contributed by atoms with van der Waals surface area (Å²) in [6, 6.07) is 0. The minimum Gasteiger partial charge on any atom is -0.483 e.